The monoisotopic (exact) mass is 382 g/mol. The SMILES string of the molecule is COC(=O)C1(NC(=O)CCNc2cc(Cl)ccc2OC)CCC(C)CC1. The summed E-state index contributed by atoms with van der Waals surface area (Å²) in [6.07, 6.45) is 3.24. The summed E-state index contributed by atoms with van der Waals surface area (Å²) in [4.78, 5) is 24.7. The molecule has 1 amide bonds. The number of amides is 1. The van der Waals surface area contributed by atoms with Gasteiger partial charge in [-0.2, -0.15) is 0 Å². The summed E-state index contributed by atoms with van der Waals surface area (Å²) in [6, 6.07) is 5.25. The number of benzene rings is 1. The second-order valence-corrected chi connectivity index (χ2v) is 7.26. The molecule has 144 valence electrons. The maximum absolute atomic E-state index is 12.4. The smallest absolute Gasteiger partial charge is 0.331 e. The molecule has 0 bridgehead atoms. The molecule has 0 unspecified atom stereocenters. The number of hydrogen-bond donors (Lipinski definition) is 2. The normalized spacial score (nSPS) is 22.4. The summed E-state index contributed by atoms with van der Waals surface area (Å²) in [5.74, 6) is 0.671. The predicted molar refractivity (Wildman–Crippen MR) is 102 cm³/mol. The van der Waals surface area contributed by atoms with Crippen LogP contribution in [0.15, 0.2) is 18.2 Å². The fourth-order valence-electron chi connectivity index (χ4n) is 3.29. The maximum Gasteiger partial charge on any atom is 0.331 e. The van der Waals surface area contributed by atoms with Crippen LogP contribution in [-0.2, 0) is 14.3 Å². The van der Waals surface area contributed by atoms with Gasteiger partial charge in [0.15, 0.2) is 0 Å². The highest BCUT2D eigenvalue weighted by Crippen LogP contribution is 2.33. The Balaban J connectivity index is 1.93. The van der Waals surface area contributed by atoms with Crippen LogP contribution in [0.3, 0.4) is 0 Å². The van der Waals surface area contributed by atoms with E-state index in [1.54, 1.807) is 25.3 Å². The Labute approximate surface area is 159 Å². The lowest BCUT2D eigenvalue weighted by Gasteiger charge is -2.37. The predicted octanol–water partition coefficient (Wildman–Crippen LogP) is 3.39. The van der Waals surface area contributed by atoms with Crippen LogP contribution in [0.1, 0.15) is 39.0 Å². The molecule has 0 aromatic heterocycles. The number of halogens is 1. The zero-order valence-corrected chi connectivity index (χ0v) is 16.3. The van der Waals surface area contributed by atoms with E-state index in [1.165, 1.54) is 7.11 Å². The molecule has 2 N–H and O–H groups in total. The Hall–Kier alpha value is -1.95. The average Bonchev–Trinajstić information content (AvgIpc) is 2.63. The first-order valence-electron chi connectivity index (χ1n) is 8.87. The number of rotatable bonds is 7. The third-order valence-corrected chi connectivity index (χ3v) is 5.15. The van der Waals surface area contributed by atoms with Crippen molar-refractivity contribution in [2.45, 2.75) is 44.6 Å². The van der Waals surface area contributed by atoms with E-state index in [9.17, 15) is 9.59 Å². The molecular weight excluding hydrogens is 356 g/mol. The zero-order valence-electron chi connectivity index (χ0n) is 15.6. The molecule has 0 radical (unpaired) electrons. The molecule has 7 heteroatoms. The number of anilines is 1. The largest absolute Gasteiger partial charge is 0.495 e. The van der Waals surface area contributed by atoms with E-state index in [2.05, 4.69) is 17.6 Å². The van der Waals surface area contributed by atoms with Gasteiger partial charge in [-0.25, -0.2) is 4.79 Å². The van der Waals surface area contributed by atoms with Crippen LogP contribution in [0.4, 0.5) is 5.69 Å². The fraction of sp³-hybridized carbons (Fsp3) is 0.579. The Kier molecular flexibility index (Phi) is 7.14. The molecule has 0 atom stereocenters. The van der Waals surface area contributed by atoms with E-state index in [1.807, 2.05) is 0 Å². The average molecular weight is 383 g/mol. The van der Waals surface area contributed by atoms with Gasteiger partial charge >= 0.3 is 5.97 Å². The summed E-state index contributed by atoms with van der Waals surface area (Å²) >= 11 is 6.00. The lowest BCUT2D eigenvalue weighted by Crippen LogP contribution is -2.57. The standard InChI is InChI=1S/C19H27ClN2O4/c1-13-6-9-19(10-7-13,18(24)26-3)22-17(23)8-11-21-15-12-14(20)4-5-16(15)25-2/h4-5,12-13,21H,6-11H2,1-3H3,(H,22,23). The summed E-state index contributed by atoms with van der Waals surface area (Å²) in [5.41, 5.74) is -0.173. The number of hydrogen-bond acceptors (Lipinski definition) is 5. The van der Waals surface area contributed by atoms with Gasteiger partial charge in [-0.15, -0.1) is 0 Å². The van der Waals surface area contributed by atoms with Gasteiger partial charge in [0.25, 0.3) is 0 Å². The van der Waals surface area contributed by atoms with E-state index < -0.39 is 5.54 Å². The minimum absolute atomic E-state index is 0.182. The van der Waals surface area contributed by atoms with Gasteiger partial charge in [0.05, 0.1) is 19.9 Å². The third-order valence-electron chi connectivity index (χ3n) is 4.91. The van der Waals surface area contributed by atoms with Crippen LogP contribution in [-0.4, -0.2) is 38.2 Å². The molecular formula is C19H27ClN2O4. The number of carbonyl (C=O) groups is 2. The molecule has 2 rings (SSSR count). The van der Waals surface area contributed by atoms with Gasteiger partial charge in [-0.3, -0.25) is 4.79 Å². The van der Waals surface area contributed by atoms with E-state index in [4.69, 9.17) is 21.1 Å². The first-order valence-corrected chi connectivity index (χ1v) is 9.25. The minimum Gasteiger partial charge on any atom is -0.495 e. The van der Waals surface area contributed by atoms with E-state index >= 15 is 0 Å². The van der Waals surface area contributed by atoms with Gasteiger partial charge in [0.1, 0.15) is 11.3 Å². The molecule has 0 saturated heterocycles. The fourth-order valence-corrected chi connectivity index (χ4v) is 3.46. The molecule has 1 aromatic carbocycles. The van der Waals surface area contributed by atoms with Crippen molar-refractivity contribution >= 4 is 29.2 Å². The van der Waals surface area contributed by atoms with E-state index in [0.29, 0.717) is 36.1 Å². The van der Waals surface area contributed by atoms with Gasteiger partial charge in [0, 0.05) is 18.0 Å². The van der Waals surface area contributed by atoms with Crippen LogP contribution in [0.2, 0.25) is 5.02 Å². The van der Waals surface area contributed by atoms with Crippen molar-refractivity contribution in [3.8, 4) is 5.75 Å². The number of carbonyl (C=O) groups excluding carboxylic acids is 2. The van der Waals surface area contributed by atoms with Gasteiger partial charge in [0.2, 0.25) is 5.91 Å². The Morgan fingerprint density at radius 3 is 2.58 bits per heavy atom. The minimum atomic E-state index is -0.897. The highest BCUT2D eigenvalue weighted by molar-refractivity contribution is 6.30. The van der Waals surface area contributed by atoms with Crippen LogP contribution in [0.25, 0.3) is 0 Å². The zero-order chi connectivity index (χ0) is 19.2. The van der Waals surface area contributed by atoms with Crippen molar-refractivity contribution in [3.63, 3.8) is 0 Å². The summed E-state index contributed by atoms with van der Waals surface area (Å²) in [7, 11) is 2.94. The van der Waals surface area contributed by atoms with Crippen LogP contribution >= 0.6 is 11.6 Å². The Bertz CT molecular complexity index is 642. The highest BCUT2D eigenvalue weighted by Gasteiger charge is 2.43. The Morgan fingerprint density at radius 1 is 1.27 bits per heavy atom. The first kappa shape index (κ1) is 20.4. The first-order chi connectivity index (χ1) is 12.4. The molecule has 1 aliphatic rings. The Morgan fingerprint density at radius 2 is 1.96 bits per heavy atom. The number of ether oxygens (including phenoxy) is 2. The number of methoxy groups -OCH3 is 2. The van der Waals surface area contributed by atoms with Gasteiger partial charge < -0.3 is 20.1 Å². The summed E-state index contributed by atoms with van der Waals surface area (Å²) < 4.78 is 10.2. The topological polar surface area (TPSA) is 76.7 Å². The molecule has 0 heterocycles. The summed E-state index contributed by atoms with van der Waals surface area (Å²) in [6.45, 7) is 2.56. The molecule has 6 nitrogen and oxygen atoms in total. The highest BCUT2D eigenvalue weighted by atomic mass is 35.5. The van der Waals surface area contributed by atoms with Gasteiger partial charge in [-0.05, 0) is 49.8 Å². The van der Waals surface area contributed by atoms with Crippen molar-refractivity contribution in [3.05, 3.63) is 23.2 Å². The number of nitrogens with one attached hydrogen (secondary N) is 2. The lowest BCUT2D eigenvalue weighted by molar-refractivity contribution is -0.153. The molecule has 1 aromatic rings. The molecule has 1 fully saturated rings. The van der Waals surface area contributed by atoms with Gasteiger partial charge in [-0.1, -0.05) is 18.5 Å². The van der Waals surface area contributed by atoms with E-state index in [-0.39, 0.29) is 18.3 Å². The van der Waals surface area contributed by atoms with Crippen molar-refractivity contribution in [2.24, 2.45) is 5.92 Å². The van der Waals surface area contributed by atoms with Crippen molar-refractivity contribution in [1.82, 2.24) is 5.32 Å². The lowest BCUT2D eigenvalue weighted by atomic mass is 9.77. The van der Waals surface area contributed by atoms with Crippen LogP contribution in [0.5, 0.6) is 5.75 Å². The number of esters is 1. The molecule has 1 aliphatic carbocycles. The molecule has 26 heavy (non-hydrogen) atoms. The van der Waals surface area contributed by atoms with Crippen LogP contribution in [0, 0.1) is 5.92 Å². The van der Waals surface area contributed by atoms with Crippen molar-refractivity contribution in [1.29, 1.82) is 0 Å². The molecule has 1 saturated carbocycles. The quantitative estimate of drug-likeness (QED) is 0.707. The molecule has 0 aliphatic heterocycles. The van der Waals surface area contributed by atoms with Crippen molar-refractivity contribution in [2.75, 3.05) is 26.1 Å². The van der Waals surface area contributed by atoms with Crippen molar-refractivity contribution < 1.29 is 19.1 Å². The second kappa shape index (κ2) is 9.12. The maximum atomic E-state index is 12.4. The second-order valence-electron chi connectivity index (χ2n) is 6.83. The van der Waals surface area contributed by atoms with E-state index in [0.717, 1.165) is 18.5 Å². The summed E-state index contributed by atoms with van der Waals surface area (Å²) in [5, 5.41) is 6.65. The third kappa shape index (κ3) is 5.04. The van der Waals surface area contributed by atoms with Crippen LogP contribution < -0.4 is 15.4 Å². The molecule has 0 spiro atoms.